The summed E-state index contributed by atoms with van der Waals surface area (Å²) in [7, 11) is 0. The van der Waals surface area contributed by atoms with Gasteiger partial charge in [0.05, 0.1) is 39.8 Å². The topological polar surface area (TPSA) is 112 Å². The van der Waals surface area contributed by atoms with Crippen molar-refractivity contribution in [3.05, 3.63) is 55.0 Å². The van der Waals surface area contributed by atoms with Gasteiger partial charge in [0, 0.05) is 23.9 Å². The molecule has 31 heavy (non-hydrogen) atoms. The second-order valence-corrected chi connectivity index (χ2v) is 7.86. The Morgan fingerprint density at radius 3 is 2.87 bits per heavy atom. The molecule has 5 heterocycles. The number of hydrogen-bond acceptors (Lipinski definition) is 5. The van der Waals surface area contributed by atoms with Gasteiger partial charge in [-0.2, -0.15) is 5.10 Å². The quantitative estimate of drug-likeness (QED) is 0.410. The Morgan fingerprint density at radius 2 is 2.03 bits per heavy atom. The molecule has 1 saturated carbocycles. The summed E-state index contributed by atoms with van der Waals surface area (Å²) in [6, 6.07) is 11.6. The molecule has 152 valence electrons. The van der Waals surface area contributed by atoms with Gasteiger partial charge in [0.1, 0.15) is 11.2 Å². The predicted molar refractivity (Wildman–Crippen MR) is 118 cm³/mol. The lowest BCUT2D eigenvalue weighted by Gasteiger charge is -2.24. The summed E-state index contributed by atoms with van der Waals surface area (Å²) in [5.74, 6) is 0.190. The van der Waals surface area contributed by atoms with E-state index in [9.17, 15) is 4.79 Å². The van der Waals surface area contributed by atoms with Crippen LogP contribution < -0.4 is 5.32 Å². The van der Waals surface area contributed by atoms with Gasteiger partial charge >= 0.3 is 0 Å². The summed E-state index contributed by atoms with van der Waals surface area (Å²) in [6.45, 7) is 0. The second-order valence-electron chi connectivity index (χ2n) is 7.86. The molecule has 0 saturated heterocycles. The normalized spacial score (nSPS) is 14.1. The molecule has 8 nitrogen and oxygen atoms in total. The average Bonchev–Trinajstić information content (AvgIpc) is 3.36. The van der Waals surface area contributed by atoms with Gasteiger partial charge in [0.2, 0.25) is 5.91 Å². The van der Waals surface area contributed by atoms with Crippen molar-refractivity contribution in [1.29, 1.82) is 0 Å². The van der Waals surface area contributed by atoms with Crippen molar-refractivity contribution in [3.8, 4) is 22.6 Å². The molecule has 0 radical (unpaired) electrons. The molecular weight excluding hydrogens is 390 g/mol. The third kappa shape index (κ3) is 3.13. The van der Waals surface area contributed by atoms with Gasteiger partial charge in [-0.05, 0) is 49.2 Å². The first-order valence-electron chi connectivity index (χ1n) is 10.3. The van der Waals surface area contributed by atoms with Crippen molar-refractivity contribution in [2.45, 2.75) is 19.3 Å². The van der Waals surface area contributed by atoms with Gasteiger partial charge in [0.25, 0.3) is 0 Å². The van der Waals surface area contributed by atoms with Crippen molar-refractivity contribution >= 4 is 33.7 Å². The summed E-state index contributed by atoms with van der Waals surface area (Å²) in [5.41, 5.74) is 7.29. The smallest absolute Gasteiger partial charge is 0.227 e. The predicted octanol–water partition coefficient (Wildman–Crippen LogP) is 4.30. The molecule has 3 N–H and O–H groups in total. The highest BCUT2D eigenvalue weighted by Gasteiger charge is 2.25. The SMILES string of the molecule is O=C(Nc1cncc(-c2ccc3[nH]nc(-c4cc5ncccc5[nH]4)c3n2)c1)C1CCC1. The number of hydrogen-bond donors (Lipinski definition) is 3. The summed E-state index contributed by atoms with van der Waals surface area (Å²) in [5, 5.41) is 10.5. The minimum absolute atomic E-state index is 0.0677. The third-order valence-electron chi connectivity index (χ3n) is 5.83. The Bertz CT molecular complexity index is 1400. The van der Waals surface area contributed by atoms with Gasteiger partial charge < -0.3 is 10.3 Å². The molecule has 0 bridgehead atoms. The number of anilines is 1. The van der Waals surface area contributed by atoms with Crippen LogP contribution in [0.25, 0.3) is 44.7 Å². The Morgan fingerprint density at radius 1 is 1.10 bits per heavy atom. The highest BCUT2D eigenvalue weighted by atomic mass is 16.1. The maximum absolute atomic E-state index is 12.3. The van der Waals surface area contributed by atoms with Crippen LogP contribution in [0.4, 0.5) is 5.69 Å². The van der Waals surface area contributed by atoms with Crippen molar-refractivity contribution in [2.75, 3.05) is 5.32 Å². The number of amides is 1. The zero-order valence-corrected chi connectivity index (χ0v) is 16.6. The third-order valence-corrected chi connectivity index (χ3v) is 5.83. The zero-order chi connectivity index (χ0) is 20.8. The molecule has 1 aliphatic carbocycles. The molecule has 0 spiro atoms. The summed E-state index contributed by atoms with van der Waals surface area (Å²) >= 11 is 0. The Labute approximate surface area is 177 Å². The molecule has 0 unspecified atom stereocenters. The number of H-pyrrole nitrogens is 2. The van der Waals surface area contributed by atoms with Crippen LogP contribution >= 0.6 is 0 Å². The minimum atomic E-state index is 0.0677. The minimum Gasteiger partial charge on any atom is -0.352 e. The van der Waals surface area contributed by atoms with Crippen LogP contribution in [0.5, 0.6) is 0 Å². The highest BCUT2D eigenvalue weighted by Crippen LogP contribution is 2.30. The van der Waals surface area contributed by atoms with Gasteiger partial charge in [-0.1, -0.05) is 6.42 Å². The Hall–Kier alpha value is -4.07. The number of carbonyl (C=O) groups is 1. The molecule has 5 aromatic heterocycles. The second kappa shape index (κ2) is 7.02. The number of rotatable bonds is 4. The van der Waals surface area contributed by atoms with E-state index in [-0.39, 0.29) is 11.8 Å². The lowest BCUT2D eigenvalue weighted by atomic mass is 9.85. The van der Waals surface area contributed by atoms with E-state index in [0.717, 1.165) is 64.0 Å². The Kier molecular flexibility index (Phi) is 4.02. The van der Waals surface area contributed by atoms with E-state index in [1.54, 1.807) is 18.6 Å². The van der Waals surface area contributed by atoms with E-state index >= 15 is 0 Å². The van der Waals surface area contributed by atoms with Crippen LogP contribution in [-0.4, -0.2) is 36.0 Å². The fourth-order valence-corrected chi connectivity index (χ4v) is 3.89. The van der Waals surface area contributed by atoms with E-state index in [1.165, 1.54) is 0 Å². The molecule has 1 fully saturated rings. The van der Waals surface area contributed by atoms with Crippen molar-refractivity contribution in [1.82, 2.24) is 30.1 Å². The van der Waals surface area contributed by atoms with Crippen molar-refractivity contribution in [2.24, 2.45) is 5.92 Å². The van der Waals surface area contributed by atoms with Crippen molar-refractivity contribution in [3.63, 3.8) is 0 Å². The van der Waals surface area contributed by atoms with Crippen molar-refractivity contribution < 1.29 is 4.79 Å². The number of fused-ring (bicyclic) bond motifs is 2. The van der Waals surface area contributed by atoms with Crippen LogP contribution in [0.15, 0.2) is 55.0 Å². The molecule has 0 aromatic carbocycles. The first-order valence-corrected chi connectivity index (χ1v) is 10.3. The number of aromatic amines is 2. The number of nitrogens with one attached hydrogen (secondary N) is 3. The van der Waals surface area contributed by atoms with Crippen LogP contribution in [0, 0.1) is 5.92 Å². The van der Waals surface area contributed by atoms with E-state index in [4.69, 9.17) is 4.98 Å². The zero-order valence-electron chi connectivity index (χ0n) is 16.6. The number of aromatic nitrogens is 6. The number of carbonyl (C=O) groups excluding carboxylic acids is 1. The molecule has 8 heteroatoms. The van der Waals surface area contributed by atoms with E-state index in [1.807, 2.05) is 36.4 Å². The fourth-order valence-electron chi connectivity index (χ4n) is 3.89. The lowest BCUT2D eigenvalue weighted by molar-refractivity contribution is -0.122. The molecule has 5 aromatic rings. The monoisotopic (exact) mass is 409 g/mol. The van der Waals surface area contributed by atoms with Crippen LogP contribution in [0.3, 0.4) is 0 Å². The van der Waals surface area contributed by atoms with Gasteiger partial charge in [-0.15, -0.1) is 0 Å². The molecule has 1 amide bonds. The first kappa shape index (κ1) is 17.8. The fraction of sp³-hybridized carbons (Fsp3) is 0.174. The number of pyridine rings is 3. The van der Waals surface area contributed by atoms with E-state index in [2.05, 4.69) is 30.5 Å². The summed E-state index contributed by atoms with van der Waals surface area (Å²) in [6.07, 6.45) is 8.23. The maximum Gasteiger partial charge on any atom is 0.227 e. The largest absolute Gasteiger partial charge is 0.352 e. The molecule has 0 atom stereocenters. The molecular formula is C23H19N7O. The van der Waals surface area contributed by atoms with Gasteiger partial charge in [0.15, 0.2) is 0 Å². The lowest BCUT2D eigenvalue weighted by Crippen LogP contribution is -2.28. The first-order chi connectivity index (χ1) is 15.2. The number of nitrogens with zero attached hydrogens (tertiary/aromatic N) is 4. The van der Waals surface area contributed by atoms with Gasteiger partial charge in [-0.3, -0.25) is 19.9 Å². The van der Waals surface area contributed by atoms with Crippen LogP contribution in [0.1, 0.15) is 19.3 Å². The average molecular weight is 409 g/mol. The molecule has 0 aliphatic heterocycles. The van der Waals surface area contributed by atoms with Crippen LogP contribution in [0.2, 0.25) is 0 Å². The highest BCUT2D eigenvalue weighted by molar-refractivity contribution is 5.95. The van der Waals surface area contributed by atoms with E-state index < -0.39 is 0 Å². The standard InChI is InChI=1S/C23H19N7O/c31-23(13-3-1-4-13)26-15-9-14(11-24-12-15)16-6-7-18-21(28-16)22(30-29-18)20-10-19-17(27-20)5-2-8-25-19/h2,5-13,27H,1,3-4H2,(H,26,31)(H,29,30). The summed E-state index contributed by atoms with van der Waals surface area (Å²) in [4.78, 5) is 29.2. The maximum atomic E-state index is 12.3. The van der Waals surface area contributed by atoms with E-state index in [0.29, 0.717) is 5.69 Å². The Balaban J connectivity index is 1.37. The molecule has 6 rings (SSSR count). The summed E-state index contributed by atoms with van der Waals surface area (Å²) < 4.78 is 0. The van der Waals surface area contributed by atoms with Crippen LogP contribution in [-0.2, 0) is 4.79 Å². The molecule has 1 aliphatic rings. The van der Waals surface area contributed by atoms with Gasteiger partial charge in [-0.25, -0.2) is 4.98 Å².